The molecule has 0 saturated heterocycles. The van der Waals surface area contributed by atoms with E-state index in [-0.39, 0.29) is 12.3 Å². The highest BCUT2D eigenvalue weighted by Crippen LogP contribution is 2.24. The van der Waals surface area contributed by atoms with E-state index < -0.39 is 0 Å². The maximum atomic E-state index is 12.6. The van der Waals surface area contributed by atoms with E-state index in [4.69, 9.17) is 0 Å². The van der Waals surface area contributed by atoms with Gasteiger partial charge in [0.1, 0.15) is 0 Å². The molecule has 5 aromatic rings. The lowest BCUT2D eigenvalue weighted by molar-refractivity contribution is -0.120. The van der Waals surface area contributed by atoms with Crippen molar-refractivity contribution < 1.29 is 4.79 Å². The fourth-order valence-electron chi connectivity index (χ4n) is 4.01. The lowest BCUT2D eigenvalue weighted by atomic mass is 9.98. The number of aromatic nitrogens is 6. The predicted octanol–water partition coefficient (Wildman–Crippen LogP) is 3.51. The lowest BCUT2D eigenvalue weighted by Gasteiger charge is -2.11. The third-order valence-corrected chi connectivity index (χ3v) is 5.64. The number of nitrogens with one attached hydrogen (secondary N) is 1. The molecule has 1 amide bonds. The van der Waals surface area contributed by atoms with Crippen molar-refractivity contribution in [2.45, 2.75) is 33.4 Å². The van der Waals surface area contributed by atoms with Crippen LogP contribution in [0.1, 0.15) is 28.3 Å². The predicted molar refractivity (Wildman–Crippen MR) is 129 cm³/mol. The topological polar surface area (TPSA) is 90.0 Å². The van der Waals surface area contributed by atoms with Crippen LogP contribution in [0, 0.1) is 13.8 Å². The number of nitrogens with zero attached hydrogens (tertiary/aromatic N) is 6. The van der Waals surface area contributed by atoms with Crippen LogP contribution in [0.4, 0.5) is 0 Å². The fourth-order valence-corrected chi connectivity index (χ4v) is 4.01. The van der Waals surface area contributed by atoms with Gasteiger partial charge in [-0.3, -0.25) is 9.48 Å². The van der Waals surface area contributed by atoms with Gasteiger partial charge < -0.3 is 5.32 Å². The number of benzene rings is 2. The van der Waals surface area contributed by atoms with Crippen molar-refractivity contribution >= 4 is 11.7 Å². The van der Waals surface area contributed by atoms with Crippen molar-refractivity contribution in [2.75, 3.05) is 0 Å². The molecule has 0 atom stereocenters. The minimum atomic E-state index is -0.130. The summed E-state index contributed by atoms with van der Waals surface area (Å²) >= 11 is 0. The quantitative estimate of drug-likeness (QED) is 0.409. The normalized spacial score (nSPS) is 11.1. The molecule has 3 heterocycles. The highest BCUT2D eigenvalue weighted by Gasteiger charge is 2.13. The Hall–Kier alpha value is -4.33. The second kappa shape index (κ2) is 9.27. The Morgan fingerprint density at radius 3 is 2.62 bits per heavy atom. The largest absolute Gasteiger partial charge is 0.352 e. The van der Waals surface area contributed by atoms with Crippen LogP contribution in [0.15, 0.2) is 73.1 Å². The molecular formula is C26H25N7O. The maximum absolute atomic E-state index is 12.6. The molecule has 0 aliphatic carbocycles. The van der Waals surface area contributed by atoms with Crippen LogP contribution >= 0.6 is 0 Å². The van der Waals surface area contributed by atoms with Crippen LogP contribution in [0.5, 0.6) is 0 Å². The Morgan fingerprint density at radius 1 is 1.00 bits per heavy atom. The summed E-state index contributed by atoms with van der Waals surface area (Å²) in [5, 5.41) is 11.7. The summed E-state index contributed by atoms with van der Waals surface area (Å²) in [4.78, 5) is 21.4. The molecule has 1 N–H and O–H groups in total. The van der Waals surface area contributed by atoms with Gasteiger partial charge in [-0.25, -0.2) is 9.50 Å². The van der Waals surface area contributed by atoms with Crippen molar-refractivity contribution in [2.24, 2.45) is 0 Å². The van der Waals surface area contributed by atoms with Gasteiger partial charge in [-0.15, -0.1) is 5.10 Å². The summed E-state index contributed by atoms with van der Waals surface area (Å²) in [5.74, 6) is 0.844. The second-order valence-corrected chi connectivity index (χ2v) is 8.29. The van der Waals surface area contributed by atoms with Crippen LogP contribution in [-0.4, -0.2) is 35.3 Å². The van der Waals surface area contributed by atoms with Gasteiger partial charge >= 0.3 is 0 Å². The third kappa shape index (κ3) is 4.71. The van der Waals surface area contributed by atoms with E-state index in [0.717, 1.165) is 34.6 Å². The number of aryl methyl sites for hydroxylation is 2. The van der Waals surface area contributed by atoms with Crippen molar-refractivity contribution in [3.05, 3.63) is 101 Å². The molecule has 0 bridgehead atoms. The Labute approximate surface area is 197 Å². The first-order valence-corrected chi connectivity index (χ1v) is 11.2. The van der Waals surface area contributed by atoms with Crippen LogP contribution in [0.25, 0.3) is 16.9 Å². The average molecular weight is 452 g/mol. The number of carbonyl (C=O) groups is 1. The molecule has 0 radical (unpaired) electrons. The Morgan fingerprint density at radius 2 is 1.82 bits per heavy atom. The Bertz CT molecular complexity index is 1440. The zero-order chi connectivity index (χ0) is 23.5. The fraction of sp³-hybridized carbons (Fsp3) is 0.192. The summed E-state index contributed by atoms with van der Waals surface area (Å²) in [5.41, 5.74) is 6.23. The van der Waals surface area contributed by atoms with Gasteiger partial charge in [0.2, 0.25) is 5.91 Å². The van der Waals surface area contributed by atoms with Gasteiger partial charge in [0, 0.05) is 30.3 Å². The van der Waals surface area contributed by atoms with Gasteiger partial charge in [-0.05, 0) is 48.2 Å². The average Bonchev–Trinajstić information content (AvgIpc) is 3.48. The maximum Gasteiger partial charge on any atom is 0.252 e. The van der Waals surface area contributed by atoms with Gasteiger partial charge in [-0.2, -0.15) is 10.1 Å². The van der Waals surface area contributed by atoms with E-state index in [9.17, 15) is 4.79 Å². The van der Waals surface area contributed by atoms with E-state index in [1.165, 1.54) is 5.56 Å². The van der Waals surface area contributed by atoms with Crippen LogP contribution in [0.2, 0.25) is 0 Å². The minimum Gasteiger partial charge on any atom is -0.352 e. The van der Waals surface area contributed by atoms with Crippen LogP contribution in [-0.2, 0) is 24.3 Å². The molecule has 3 aromatic heterocycles. The molecule has 5 rings (SSSR count). The summed E-state index contributed by atoms with van der Waals surface area (Å²) in [6.45, 7) is 5.02. The first-order valence-electron chi connectivity index (χ1n) is 11.2. The van der Waals surface area contributed by atoms with Gasteiger partial charge in [-0.1, -0.05) is 48.5 Å². The third-order valence-electron chi connectivity index (χ3n) is 5.64. The summed E-state index contributed by atoms with van der Waals surface area (Å²) < 4.78 is 3.57. The summed E-state index contributed by atoms with van der Waals surface area (Å²) in [6.07, 6.45) is 3.83. The number of rotatable bonds is 7. The molecule has 0 spiro atoms. The molecule has 170 valence electrons. The highest BCUT2D eigenvalue weighted by molar-refractivity contribution is 5.78. The zero-order valence-corrected chi connectivity index (χ0v) is 19.1. The molecule has 34 heavy (non-hydrogen) atoms. The first-order chi connectivity index (χ1) is 16.5. The highest BCUT2D eigenvalue weighted by atomic mass is 16.1. The molecule has 0 unspecified atom stereocenters. The number of hydrogen-bond donors (Lipinski definition) is 1. The van der Waals surface area contributed by atoms with E-state index >= 15 is 0 Å². The summed E-state index contributed by atoms with van der Waals surface area (Å²) in [6, 6.07) is 20.4. The lowest BCUT2D eigenvalue weighted by Crippen LogP contribution is -2.25. The second-order valence-electron chi connectivity index (χ2n) is 8.29. The molecular weight excluding hydrogens is 426 g/mol. The molecule has 0 aliphatic rings. The summed E-state index contributed by atoms with van der Waals surface area (Å²) in [7, 11) is 0. The zero-order valence-electron chi connectivity index (χ0n) is 19.1. The number of hydrogen-bond acceptors (Lipinski definition) is 5. The first kappa shape index (κ1) is 21.5. The molecule has 2 aromatic carbocycles. The van der Waals surface area contributed by atoms with E-state index in [1.807, 2.05) is 55.1 Å². The Kier molecular flexibility index (Phi) is 5.86. The van der Waals surface area contributed by atoms with Crippen molar-refractivity contribution in [1.82, 2.24) is 34.7 Å². The number of fused-ring (bicyclic) bond motifs is 1. The van der Waals surface area contributed by atoms with Crippen LogP contribution < -0.4 is 5.32 Å². The SMILES string of the molecule is Cc1cc(C)n2nc(CC(=O)NCc3ccccc3-c3ccc(Cn4cccn4)cc3)nc2n1. The van der Waals surface area contributed by atoms with E-state index in [0.29, 0.717) is 18.1 Å². The van der Waals surface area contributed by atoms with Crippen LogP contribution in [0.3, 0.4) is 0 Å². The monoisotopic (exact) mass is 451 g/mol. The molecule has 8 nitrogen and oxygen atoms in total. The smallest absolute Gasteiger partial charge is 0.252 e. The van der Waals surface area contributed by atoms with Crippen molar-refractivity contribution in [3.63, 3.8) is 0 Å². The molecule has 8 heteroatoms. The minimum absolute atomic E-state index is 0.103. The number of carbonyl (C=O) groups excluding carboxylic acids is 1. The van der Waals surface area contributed by atoms with E-state index in [2.05, 4.69) is 55.8 Å². The molecule has 0 aliphatic heterocycles. The van der Waals surface area contributed by atoms with Gasteiger partial charge in [0.25, 0.3) is 5.78 Å². The van der Waals surface area contributed by atoms with Gasteiger partial charge in [0.05, 0.1) is 13.0 Å². The Balaban J connectivity index is 1.26. The number of amides is 1. The van der Waals surface area contributed by atoms with E-state index in [1.54, 1.807) is 10.7 Å². The molecule has 0 fully saturated rings. The van der Waals surface area contributed by atoms with Crippen molar-refractivity contribution in [1.29, 1.82) is 0 Å². The van der Waals surface area contributed by atoms with Crippen molar-refractivity contribution in [3.8, 4) is 11.1 Å². The standard InChI is InChI=1S/C26H25N7O/c1-18-14-19(2)33-26(29-18)30-24(31-33)15-25(34)27-16-22-6-3-4-7-23(22)21-10-8-20(9-11-21)17-32-13-5-12-28-32/h3-14H,15-17H2,1-2H3,(H,27,34). The van der Waals surface area contributed by atoms with Gasteiger partial charge in [0.15, 0.2) is 5.82 Å². The molecule has 0 saturated carbocycles.